The Kier molecular flexibility index (Phi) is 3.88. The van der Waals surface area contributed by atoms with Gasteiger partial charge < -0.3 is 5.73 Å². The Labute approximate surface area is 99.9 Å². The van der Waals surface area contributed by atoms with E-state index in [0.29, 0.717) is 6.07 Å². The quantitative estimate of drug-likeness (QED) is 0.397. The standard InChI is InChI=1S/C8H7FN4O3S/c9-5-1-4(2-6(3-5)13(15)16)7(14)11-12-8(10)17/h1-3H,(H,11,14)(H3,10,12,17). The average molecular weight is 258 g/mol. The summed E-state index contributed by atoms with van der Waals surface area (Å²) in [4.78, 5) is 21.0. The molecule has 90 valence electrons. The molecule has 7 nitrogen and oxygen atoms in total. The maximum Gasteiger partial charge on any atom is 0.273 e. The highest BCUT2D eigenvalue weighted by Crippen LogP contribution is 2.15. The number of nitrogens with two attached hydrogens (primary N) is 1. The van der Waals surface area contributed by atoms with E-state index in [0.717, 1.165) is 12.1 Å². The fourth-order valence-electron chi connectivity index (χ4n) is 1.00. The van der Waals surface area contributed by atoms with E-state index in [1.54, 1.807) is 0 Å². The molecule has 0 spiro atoms. The van der Waals surface area contributed by atoms with E-state index in [2.05, 4.69) is 17.6 Å². The number of amides is 1. The maximum absolute atomic E-state index is 13.0. The summed E-state index contributed by atoms with van der Waals surface area (Å²) in [5.41, 5.74) is 8.48. The Morgan fingerprint density at radius 3 is 2.59 bits per heavy atom. The van der Waals surface area contributed by atoms with Crippen LogP contribution < -0.4 is 16.6 Å². The molecule has 0 saturated heterocycles. The molecule has 0 saturated carbocycles. The molecule has 0 atom stereocenters. The van der Waals surface area contributed by atoms with Crippen molar-refractivity contribution >= 4 is 28.9 Å². The Hall–Kier alpha value is -2.29. The third-order valence-corrected chi connectivity index (χ3v) is 1.76. The number of carbonyl (C=O) groups is 1. The average Bonchev–Trinajstić information content (AvgIpc) is 2.24. The summed E-state index contributed by atoms with van der Waals surface area (Å²) in [5, 5.41) is 10.3. The maximum atomic E-state index is 13.0. The SMILES string of the molecule is NC(=S)NNC(=O)c1cc(F)cc([N+](=O)[O-])c1. The molecule has 0 unspecified atom stereocenters. The van der Waals surface area contributed by atoms with Gasteiger partial charge in [-0.15, -0.1) is 0 Å². The van der Waals surface area contributed by atoms with E-state index in [1.807, 2.05) is 5.43 Å². The summed E-state index contributed by atoms with van der Waals surface area (Å²) in [6, 6.07) is 2.49. The molecule has 1 amide bonds. The van der Waals surface area contributed by atoms with E-state index in [9.17, 15) is 19.3 Å². The molecule has 0 aliphatic heterocycles. The first-order valence-electron chi connectivity index (χ1n) is 4.21. The molecule has 0 aliphatic carbocycles. The van der Waals surface area contributed by atoms with Crippen LogP contribution in [0.4, 0.5) is 10.1 Å². The summed E-state index contributed by atoms with van der Waals surface area (Å²) in [6.45, 7) is 0. The van der Waals surface area contributed by atoms with E-state index in [4.69, 9.17) is 5.73 Å². The van der Waals surface area contributed by atoms with Gasteiger partial charge in [-0.05, 0) is 18.3 Å². The number of hydrazine groups is 1. The number of halogens is 1. The van der Waals surface area contributed by atoms with Gasteiger partial charge in [-0.1, -0.05) is 0 Å². The number of hydrogen-bond donors (Lipinski definition) is 3. The van der Waals surface area contributed by atoms with Crippen LogP contribution in [-0.2, 0) is 0 Å². The number of nitro benzene ring substituents is 1. The van der Waals surface area contributed by atoms with Crippen molar-refractivity contribution in [1.29, 1.82) is 0 Å². The van der Waals surface area contributed by atoms with Gasteiger partial charge in [0.15, 0.2) is 5.11 Å². The third-order valence-electron chi connectivity index (χ3n) is 1.65. The van der Waals surface area contributed by atoms with Gasteiger partial charge >= 0.3 is 0 Å². The molecular formula is C8H7FN4O3S. The monoisotopic (exact) mass is 258 g/mol. The fraction of sp³-hybridized carbons (Fsp3) is 0. The van der Waals surface area contributed by atoms with Gasteiger partial charge in [-0.25, -0.2) is 4.39 Å². The van der Waals surface area contributed by atoms with Crippen molar-refractivity contribution in [3.8, 4) is 0 Å². The smallest absolute Gasteiger partial charge is 0.273 e. The Morgan fingerprint density at radius 2 is 2.06 bits per heavy atom. The van der Waals surface area contributed by atoms with Gasteiger partial charge in [0.05, 0.1) is 16.6 Å². The van der Waals surface area contributed by atoms with Crippen molar-refractivity contribution in [1.82, 2.24) is 10.9 Å². The summed E-state index contributed by atoms with van der Waals surface area (Å²) < 4.78 is 13.0. The van der Waals surface area contributed by atoms with Crippen LogP contribution in [0.2, 0.25) is 0 Å². The van der Waals surface area contributed by atoms with Crippen molar-refractivity contribution in [2.75, 3.05) is 0 Å². The Balaban J connectivity index is 2.93. The van der Waals surface area contributed by atoms with Crippen LogP contribution in [0.1, 0.15) is 10.4 Å². The Bertz CT molecular complexity index is 494. The first-order chi connectivity index (χ1) is 7.90. The lowest BCUT2D eigenvalue weighted by Gasteiger charge is -2.06. The minimum Gasteiger partial charge on any atom is -0.375 e. The van der Waals surface area contributed by atoms with Gasteiger partial charge in [-0.2, -0.15) is 0 Å². The van der Waals surface area contributed by atoms with Crippen LogP contribution in [0.25, 0.3) is 0 Å². The molecule has 0 aliphatic rings. The zero-order valence-corrected chi connectivity index (χ0v) is 9.08. The van der Waals surface area contributed by atoms with Crippen molar-refractivity contribution < 1.29 is 14.1 Å². The molecule has 9 heteroatoms. The van der Waals surface area contributed by atoms with Crippen LogP contribution in [0.3, 0.4) is 0 Å². The summed E-state index contributed by atoms with van der Waals surface area (Å²) in [6.07, 6.45) is 0. The van der Waals surface area contributed by atoms with Gasteiger partial charge in [0.25, 0.3) is 11.6 Å². The van der Waals surface area contributed by atoms with Gasteiger partial charge in [0.2, 0.25) is 0 Å². The minimum absolute atomic E-state index is 0.191. The van der Waals surface area contributed by atoms with E-state index in [1.165, 1.54) is 0 Å². The van der Waals surface area contributed by atoms with E-state index >= 15 is 0 Å². The molecular weight excluding hydrogens is 251 g/mol. The van der Waals surface area contributed by atoms with E-state index in [-0.39, 0.29) is 10.7 Å². The number of nitrogens with one attached hydrogen (secondary N) is 2. The molecule has 1 aromatic carbocycles. The molecule has 1 rings (SSSR count). The van der Waals surface area contributed by atoms with Crippen LogP contribution in [0.15, 0.2) is 18.2 Å². The van der Waals surface area contributed by atoms with Gasteiger partial charge in [0, 0.05) is 6.07 Å². The zero-order valence-electron chi connectivity index (χ0n) is 8.27. The highest BCUT2D eigenvalue weighted by molar-refractivity contribution is 7.80. The minimum atomic E-state index is -0.889. The lowest BCUT2D eigenvalue weighted by Crippen LogP contribution is -2.44. The molecule has 0 fully saturated rings. The number of carbonyl (C=O) groups excluding carboxylic acids is 1. The van der Waals surface area contributed by atoms with Crippen molar-refractivity contribution in [3.63, 3.8) is 0 Å². The molecule has 0 aromatic heterocycles. The number of nitrogens with zero attached hydrogens (tertiary/aromatic N) is 1. The summed E-state index contributed by atoms with van der Waals surface area (Å²) in [5.74, 6) is -1.68. The largest absolute Gasteiger partial charge is 0.375 e. The van der Waals surface area contributed by atoms with Crippen LogP contribution in [0.5, 0.6) is 0 Å². The first-order valence-corrected chi connectivity index (χ1v) is 4.61. The fourth-order valence-corrected chi connectivity index (χ4v) is 1.05. The normalized spacial score (nSPS) is 9.47. The molecule has 17 heavy (non-hydrogen) atoms. The topological polar surface area (TPSA) is 110 Å². The van der Waals surface area contributed by atoms with Crippen molar-refractivity contribution in [2.24, 2.45) is 5.73 Å². The lowest BCUT2D eigenvalue weighted by molar-refractivity contribution is -0.385. The van der Waals surface area contributed by atoms with Gasteiger partial charge in [-0.3, -0.25) is 25.8 Å². The van der Waals surface area contributed by atoms with E-state index < -0.39 is 22.3 Å². The highest BCUT2D eigenvalue weighted by Gasteiger charge is 2.14. The number of benzene rings is 1. The highest BCUT2D eigenvalue weighted by atomic mass is 32.1. The first kappa shape index (κ1) is 12.8. The van der Waals surface area contributed by atoms with Crippen LogP contribution in [0, 0.1) is 15.9 Å². The molecule has 0 radical (unpaired) electrons. The predicted molar refractivity (Wildman–Crippen MR) is 60.4 cm³/mol. The number of nitro groups is 1. The van der Waals surface area contributed by atoms with Gasteiger partial charge in [0.1, 0.15) is 5.82 Å². The zero-order chi connectivity index (χ0) is 13.0. The molecule has 1 aromatic rings. The predicted octanol–water partition coefficient (Wildman–Crippen LogP) is 0.212. The van der Waals surface area contributed by atoms with Crippen LogP contribution in [-0.4, -0.2) is 15.9 Å². The Morgan fingerprint density at radius 1 is 1.41 bits per heavy atom. The number of thiocarbonyl (C=S) groups is 1. The third kappa shape index (κ3) is 3.65. The van der Waals surface area contributed by atoms with Crippen molar-refractivity contribution in [2.45, 2.75) is 0 Å². The second-order valence-corrected chi connectivity index (χ2v) is 3.34. The summed E-state index contributed by atoms with van der Waals surface area (Å²) in [7, 11) is 0. The second-order valence-electron chi connectivity index (χ2n) is 2.90. The van der Waals surface area contributed by atoms with Crippen molar-refractivity contribution in [3.05, 3.63) is 39.7 Å². The molecule has 0 bridgehead atoms. The number of non-ortho nitro benzene ring substituents is 1. The lowest BCUT2D eigenvalue weighted by atomic mass is 10.2. The second kappa shape index (κ2) is 5.16. The molecule has 0 heterocycles. The molecule has 4 N–H and O–H groups in total. The van der Waals surface area contributed by atoms with Crippen LogP contribution >= 0.6 is 12.2 Å². The summed E-state index contributed by atoms with van der Waals surface area (Å²) >= 11 is 4.43. The number of hydrogen-bond acceptors (Lipinski definition) is 4. The number of rotatable bonds is 2.